The fourth-order valence-electron chi connectivity index (χ4n) is 4.55. The lowest BCUT2D eigenvalue weighted by Crippen LogP contribution is -2.40. The van der Waals surface area contributed by atoms with E-state index in [9.17, 15) is 14.7 Å². The van der Waals surface area contributed by atoms with Crippen LogP contribution in [0.5, 0.6) is 0 Å². The van der Waals surface area contributed by atoms with Gasteiger partial charge in [0.15, 0.2) is 0 Å². The number of carbonyl (C=O) groups is 2. The molecule has 1 aliphatic carbocycles. The third kappa shape index (κ3) is 4.19. The van der Waals surface area contributed by atoms with Crippen molar-refractivity contribution >= 4 is 34.6 Å². The highest BCUT2D eigenvalue weighted by Gasteiger charge is 2.53. The highest BCUT2D eigenvalue weighted by atomic mass is 32.1. The largest absolute Gasteiger partial charge is 0.481 e. The number of hydrogen-bond acceptors (Lipinski definition) is 7. The van der Waals surface area contributed by atoms with E-state index in [0.29, 0.717) is 29.0 Å². The Hall–Kier alpha value is -1.74. The lowest BCUT2D eigenvalue weighted by Gasteiger charge is -2.29. The Morgan fingerprint density at radius 2 is 1.73 bits per heavy atom. The first-order valence-electron chi connectivity index (χ1n) is 10.3. The van der Waals surface area contributed by atoms with E-state index in [2.05, 4.69) is 6.92 Å². The van der Waals surface area contributed by atoms with Crippen LogP contribution in [0.25, 0.3) is 0 Å². The van der Waals surface area contributed by atoms with Gasteiger partial charge in [-0.2, -0.15) is 0 Å². The summed E-state index contributed by atoms with van der Waals surface area (Å²) in [6, 6.07) is 7.09. The molecule has 2 unspecified atom stereocenters. The van der Waals surface area contributed by atoms with Crippen LogP contribution in [0.15, 0.2) is 35.0 Å². The van der Waals surface area contributed by atoms with E-state index >= 15 is 0 Å². The van der Waals surface area contributed by atoms with Crippen molar-refractivity contribution < 1.29 is 29.3 Å². The Morgan fingerprint density at radius 3 is 2.27 bits per heavy atom. The van der Waals surface area contributed by atoms with Crippen LogP contribution in [0.3, 0.4) is 0 Å². The maximum atomic E-state index is 13.3. The van der Waals surface area contributed by atoms with Crippen LogP contribution in [-0.2, 0) is 24.7 Å². The molecule has 0 aromatic carbocycles. The highest BCUT2D eigenvalue weighted by molar-refractivity contribution is 7.12. The van der Waals surface area contributed by atoms with Gasteiger partial charge < -0.3 is 19.7 Å². The molecule has 1 aliphatic heterocycles. The van der Waals surface area contributed by atoms with Gasteiger partial charge in [0.2, 0.25) is 5.60 Å². The summed E-state index contributed by atoms with van der Waals surface area (Å²) in [4.78, 5) is 25.4. The van der Waals surface area contributed by atoms with Crippen molar-refractivity contribution in [2.75, 3.05) is 0 Å². The van der Waals surface area contributed by atoms with Crippen molar-refractivity contribution in [1.29, 1.82) is 0 Å². The van der Waals surface area contributed by atoms with Crippen molar-refractivity contribution in [3.05, 3.63) is 44.8 Å². The molecule has 0 amide bonds. The topological polar surface area (TPSA) is 96.4 Å². The first-order chi connectivity index (χ1) is 14.4. The summed E-state index contributed by atoms with van der Waals surface area (Å²) in [5.74, 6) is -1.20. The van der Waals surface area contributed by atoms with Gasteiger partial charge in [-0.15, -0.1) is 22.7 Å². The molecule has 6 nitrogen and oxygen atoms in total. The average Bonchev–Trinajstić information content (AvgIpc) is 3.12. The van der Waals surface area contributed by atoms with Crippen molar-refractivity contribution in [2.24, 2.45) is 11.8 Å². The van der Waals surface area contributed by atoms with Gasteiger partial charge >= 0.3 is 11.9 Å². The zero-order valence-electron chi connectivity index (χ0n) is 16.7. The number of ether oxygens (including phenoxy) is 2. The van der Waals surface area contributed by atoms with Gasteiger partial charge in [-0.05, 0) is 54.0 Å². The molecular weight excluding hydrogens is 424 g/mol. The number of fused-ring (bicyclic) bond motifs is 1. The lowest BCUT2D eigenvalue weighted by atomic mass is 9.93. The molecule has 2 aromatic rings. The van der Waals surface area contributed by atoms with Gasteiger partial charge in [0.05, 0.1) is 22.0 Å². The number of aliphatic carboxylic acids is 1. The summed E-state index contributed by atoms with van der Waals surface area (Å²) in [6.07, 6.45) is 2.49. The number of carbonyl (C=O) groups excluding carboxylic acids is 1. The second-order valence-corrected chi connectivity index (χ2v) is 9.99. The smallest absolute Gasteiger partial charge is 0.349 e. The molecule has 0 bridgehead atoms. The predicted molar refractivity (Wildman–Crippen MR) is 114 cm³/mol. The van der Waals surface area contributed by atoms with E-state index in [1.165, 1.54) is 22.7 Å². The molecule has 2 aromatic heterocycles. The molecule has 3 heterocycles. The molecule has 2 aliphatic rings. The first kappa shape index (κ1) is 21.5. The van der Waals surface area contributed by atoms with Crippen molar-refractivity contribution in [3.63, 3.8) is 0 Å². The second kappa shape index (κ2) is 8.78. The molecule has 1 saturated heterocycles. The fourth-order valence-corrected chi connectivity index (χ4v) is 6.26. The third-order valence-corrected chi connectivity index (χ3v) is 8.16. The second-order valence-electron chi connectivity index (χ2n) is 8.09. The van der Waals surface area contributed by atoms with E-state index in [0.717, 1.165) is 6.42 Å². The average molecular weight is 451 g/mol. The standard InChI is InChI=1S/C22H26O6S2/c1-2-13-11-15(12-14(7-8-18(23)24)20-19(13)28-20)27-21(25)22(26,16-5-3-9-29-16)17-6-4-10-30-17/h3-6,9-10,13-15,19-20,26H,2,7-8,11-12H2,1H3,(H,23,24)/t13-,14?,15-,19?,20+/m1/s1. The van der Waals surface area contributed by atoms with E-state index in [1.54, 1.807) is 24.3 Å². The minimum atomic E-state index is -1.83. The number of rotatable bonds is 8. The number of epoxide rings is 1. The van der Waals surface area contributed by atoms with Crippen LogP contribution < -0.4 is 0 Å². The number of carboxylic acids is 1. The zero-order chi connectivity index (χ0) is 21.3. The Morgan fingerprint density at radius 1 is 1.13 bits per heavy atom. The van der Waals surface area contributed by atoms with Crippen LogP contribution >= 0.6 is 22.7 Å². The maximum Gasteiger partial charge on any atom is 0.349 e. The molecule has 2 fully saturated rings. The summed E-state index contributed by atoms with van der Waals surface area (Å²) in [5.41, 5.74) is -1.83. The van der Waals surface area contributed by atoms with Crippen LogP contribution in [0.4, 0.5) is 0 Å². The summed E-state index contributed by atoms with van der Waals surface area (Å²) < 4.78 is 11.8. The fraction of sp³-hybridized carbons (Fsp3) is 0.545. The van der Waals surface area contributed by atoms with Crippen molar-refractivity contribution in [2.45, 2.75) is 62.9 Å². The molecule has 1 saturated carbocycles. The van der Waals surface area contributed by atoms with Crippen molar-refractivity contribution in [1.82, 2.24) is 0 Å². The number of hydrogen-bond donors (Lipinski definition) is 2. The maximum absolute atomic E-state index is 13.3. The van der Waals surface area contributed by atoms with Gasteiger partial charge in [-0.1, -0.05) is 25.5 Å². The Bertz CT molecular complexity index is 828. The van der Waals surface area contributed by atoms with Gasteiger partial charge in [0.25, 0.3) is 0 Å². The molecule has 30 heavy (non-hydrogen) atoms. The normalized spacial score (nSPS) is 28.4. The van der Waals surface area contributed by atoms with Gasteiger partial charge in [-0.3, -0.25) is 4.79 Å². The van der Waals surface area contributed by atoms with E-state index in [4.69, 9.17) is 14.6 Å². The van der Waals surface area contributed by atoms with Crippen LogP contribution in [0, 0.1) is 11.8 Å². The monoisotopic (exact) mass is 450 g/mol. The summed E-state index contributed by atoms with van der Waals surface area (Å²) in [5, 5.41) is 24.2. The summed E-state index contributed by atoms with van der Waals surface area (Å²) >= 11 is 2.64. The quantitative estimate of drug-likeness (QED) is 0.466. The minimum Gasteiger partial charge on any atom is -0.481 e. The van der Waals surface area contributed by atoms with Gasteiger partial charge in [-0.25, -0.2) is 4.79 Å². The Labute approximate surface area is 183 Å². The van der Waals surface area contributed by atoms with Crippen LogP contribution in [0.1, 0.15) is 48.8 Å². The molecule has 0 radical (unpaired) electrons. The summed E-state index contributed by atoms with van der Waals surface area (Å²) in [7, 11) is 0. The minimum absolute atomic E-state index is 0.0389. The zero-order valence-corrected chi connectivity index (χ0v) is 18.4. The highest BCUT2D eigenvalue weighted by Crippen LogP contribution is 2.47. The number of thiophene rings is 2. The Balaban J connectivity index is 1.54. The first-order valence-corrected chi connectivity index (χ1v) is 12.1. The molecule has 2 N–H and O–H groups in total. The molecular formula is C22H26O6S2. The Kier molecular flexibility index (Phi) is 6.29. The number of aliphatic hydroxyl groups is 1. The van der Waals surface area contributed by atoms with Gasteiger partial charge in [0, 0.05) is 6.42 Å². The van der Waals surface area contributed by atoms with E-state index in [-0.39, 0.29) is 36.6 Å². The van der Waals surface area contributed by atoms with Crippen LogP contribution in [0.2, 0.25) is 0 Å². The molecule has 4 rings (SSSR count). The molecule has 0 spiro atoms. The van der Waals surface area contributed by atoms with Gasteiger partial charge in [0.1, 0.15) is 6.10 Å². The molecule has 8 heteroatoms. The summed E-state index contributed by atoms with van der Waals surface area (Å²) in [6.45, 7) is 2.09. The predicted octanol–water partition coefficient (Wildman–Crippen LogP) is 4.03. The van der Waals surface area contributed by atoms with Crippen LogP contribution in [-0.4, -0.2) is 40.5 Å². The molecule has 162 valence electrons. The SMILES string of the molecule is CC[C@@H]1C[C@@H](OC(=O)C(O)(c2cccs2)c2cccs2)CC(CCC(=O)O)[C@@H]2OC12. The third-order valence-electron chi connectivity index (χ3n) is 6.20. The van der Waals surface area contributed by atoms with E-state index in [1.807, 2.05) is 10.8 Å². The molecule has 5 atom stereocenters. The van der Waals surface area contributed by atoms with Crippen molar-refractivity contribution in [3.8, 4) is 0 Å². The number of carboxylic acid groups (broad SMARTS) is 1. The number of esters is 1. The lowest BCUT2D eigenvalue weighted by molar-refractivity contribution is -0.169. The van der Waals surface area contributed by atoms with E-state index < -0.39 is 17.5 Å².